The number of halogens is 1. The molecule has 1 aromatic carbocycles. The Labute approximate surface area is 122 Å². The molecule has 0 aliphatic rings. The first-order valence-corrected chi connectivity index (χ1v) is 6.53. The highest BCUT2D eigenvalue weighted by atomic mass is 35.5. The van der Waals surface area contributed by atoms with Gasteiger partial charge in [0.25, 0.3) is 0 Å². The van der Waals surface area contributed by atoms with Crippen LogP contribution in [0.5, 0.6) is 11.5 Å². The molecule has 1 aromatic heterocycles. The average molecular weight is 294 g/mol. The van der Waals surface area contributed by atoms with Gasteiger partial charge in [-0.3, -0.25) is 0 Å². The fraction of sp³-hybridized carbons (Fsp3) is 0.286. The van der Waals surface area contributed by atoms with Crippen LogP contribution in [-0.2, 0) is 6.42 Å². The zero-order chi connectivity index (χ0) is 14.4. The Morgan fingerprint density at radius 2 is 1.90 bits per heavy atom. The Morgan fingerprint density at radius 3 is 2.60 bits per heavy atom. The molecule has 0 spiro atoms. The van der Waals surface area contributed by atoms with Crippen molar-refractivity contribution >= 4 is 17.4 Å². The summed E-state index contributed by atoms with van der Waals surface area (Å²) in [4.78, 5) is 7.91. The summed E-state index contributed by atoms with van der Waals surface area (Å²) in [5.74, 6) is 2.17. The third-order valence-electron chi connectivity index (χ3n) is 2.80. The summed E-state index contributed by atoms with van der Waals surface area (Å²) in [6, 6.07) is 7.56. The second kappa shape index (κ2) is 6.96. The summed E-state index contributed by atoms with van der Waals surface area (Å²) < 4.78 is 10.5. The van der Waals surface area contributed by atoms with Crippen LogP contribution in [0.25, 0.3) is 0 Å². The number of hydrogen-bond acceptors (Lipinski definition) is 5. The minimum absolute atomic E-state index is 0.425. The molecular formula is C14H16ClN3O2. The number of nitrogens with one attached hydrogen (secondary N) is 1. The highest BCUT2D eigenvalue weighted by Crippen LogP contribution is 2.27. The molecule has 6 heteroatoms. The number of nitrogens with zero attached hydrogens (tertiary/aromatic N) is 2. The maximum atomic E-state index is 5.79. The summed E-state index contributed by atoms with van der Waals surface area (Å²) in [7, 11) is 3.25. The van der Waals surface area contributed by atoms with Gasteiger partial charge in [0.15, 0.2) is 11.5 Å². The van der Waals surface area contributed by atoms with Crippen LogP contribution in [0.1, 0.15) is 5.56 Å². The minimum Gasteiger partial charge on any atom is -0.493 e. The van der Waals surface area contributed by atoms with Crippen molar-refractivity contribution in [3.63, 3.8) is 0 Å². The van der Waals surface area contributed by atoms with Gasteiger partial charge >= 0.3 is 0 Å². The smallest absolute Gasteiger partial charge is 0.160 e. The van der Waals surface area contributed by atoms with E-state index in [4.69, 9.17) is 21.1 Å². The molecule has 2 rings (SSSR count). The molecular weight excluding hydrogens is 278 g/mol. The third kappa shape index (κ3) is 3.74. The lowest BCUT2D eigenvalue weighted by molar-refractivity contribution is 0.354. The average Bonchev–Trinajstić information content (AvgIpc) is 2.47. The maximum Gasteiger partial charge on any atom is 0.160 e. The Balaban J connectivity index is 1.94. The van der Waals surface area contributed by atoms with Crippen LogP contribution >= 0.6 is 11.6 Å². The molecule has 20 heavy (non-hydrogen) atoms. The number of rotatable bonds is 6. The van der Waals surface area contributed by atoms with Crippen molar-refractivity contribution in [3.8, 4) is 11.5 Å². The van der Waals surface area contributed by atoms with Gasteiger partial charge in [-0.05, 0) is 24.1 Å². The van der Waals surface area contributed by atoms with Crippen molar-refractivity contribution in [1.29, 1.82) is 0 Å². The second-order valence-electron chi connectivity index (χ2n) is 4.09. The SMILES string of the molecule is COc1ccc(CCNc2cc(Cl)ncn2)cc1OC. The highest BCUT2D eigenvalue weighted by Gasteiger charge is 2.04. The number of aromatic nitrogens is 2. The molecule has 0 aliphatic carbocycles. The van der Waals surface area contributed by atoms with Gasteiger partial charge in [-0.15, -0.1) is 0 Å². The summed E-state index contributed by atoms with van der Waals surface area (Å²) in [5.41, 5.74) is 1.15. The van der Waals surface area contributed by atoms with Crippen molar-refractivity contribution in [2.75, 3.05) is 26.1 Å². The molecule has 0 amide bonds. The largest absolute Gasteiger partial charge is 0.493 e. The van der Waals surface area contributed by atoms with E-state index in [1.807, 2.05) is 18.2 Å². The Kier molecular flexibility index (Phi) is 5.01. The lowest BCUT2D eigenvalue weighted by atomic mass is 10.1. The van der Waals surface area contributed by atoms with E-state index < -0.39 is 0 Å². The van der Waals surface area contributed by atoms with Crippen molar-refractivity contribution < 1.29 is 9.47 Å². The fourth-order valence-electron chi connectivity index (χ4n) is 1.80. The van der Waals surface area contributed by atoms with Crippen LogP contribution in [0.2, 0.25) is 5.15 Å². The van der Waals surface area contributed by atoms with Gasteiger partial charge in [-0.1, -0.05) is 17.7 Å². The molecule has 1 N–H and O–H groups in total. The molecule has 0 saturated heterocycles. The quantitative estimate of drug-likeness (QED) is 0.830. The highest BCUT2D eigenvalue weighted by molar-refractivity contribution is 6.29. The molecule has 0 saturated carbocycles. The number of hydrogen-bond donors (Lipinski definition) is 1. The maximum absolute atomic E-state index is 5.79. The van der Waals surface area contributed by atoms with Gasteiger partial charge in [0, 0.05) is 12.6 Å². The monoisotopic (exact) mass is 293 g/mol. The van der Waals surface area contributed by atoms with E-state index in [0.717, 1.165) is 30.0 Å². The van der Waals surface area contributed by atoms with Crippen LogP contribution in [-0.4, -0.2) is 30.7 Å². The molecule has 2 aromatic rings. The zero-order valence-corrected chi connectivity index (χ0v) is 12.1. The van der Waals surface area contributed by atoms with E-state index in [1.165, 1.54) is 6.33 Å². The summed E-state index contributed by atoms with van der Waals surface area (Å²) in [5, 5.41) is 3.62. The van der Waals surface area contributed by atoms with Gasteiger partial charge in [0.1, 0.15) is 17.3 Å². The standard InChI is InChI=1S/C14H16ClN3O2/c1-19-11-4-3-10(7-12(11)20-2)5-6-16-14-8-13(15)17-9-18-14/h3-4,7-9H,5-6H2,1-2H3,(H,16,17,18). The molecule has 0 bridgehead atoms. The van der Waals surface area contributed by atoms with Gasteiger partial charge < -0.3 is 14.8 Å². The van der Waals surface area contributed by atoms with E-state index in [9.17, 15) is 0 Å². The van der Waals surface area contributed by atoms with Crippen LogP contribution in [0.3, 0.4) is 0 Å². The molecule has 106 valence electrons. The Bertz CT molecular complexity index is 578. The molecule has 0 unspecified atom stereocenters. The second-order valence-corrected chi connectivity index (χ2v) is 4.48. The molecule has 0 atom stereocenters. The van der Waals surface area contributed by atoms with Crippen molar-refractivity contribution in [1.82, 2.24) is 9.97 Å². The van der Waals surface area contributed by atoms with E-state index in [0.29, 0.717) is 11.0 Å². The van der Waals surface area contributed by atoms with Crippen molar-refractivity contribution in [3.05, 3.63) is 41.3 Å². The van der Waals surface area contributed by atoms with Gasteiger partial charge in [-0.2, -0.15) is 0 Å². The lowest BCUT2D eigenvalue weighted by Crippen LogP contribution is -2.06. The zero-order valence-electron chi connectivity index (χ0n) is 11.4. The van der Waals surface area contributed by atoms with E-state index in [2.05, 4.69) is 15.3 Å². The van der Waals surface area contributed by atoms with E-state index in [1.54, 1.807) is 20.3 Å². The lowest BCUT2D eigenvalue weighted by Gasteiger charge is -2.10. The Morgan fingerprint density at radius 1 is 1.10 bits per heavy atom. The topological polar surface area (TPSA) is 56.3 Å². The van der Waals surface area contributed by atoms with Gasteiger partial charge in [-0.25, -0.2) is 9.97 Å². The summed E-state index contributed by atoms with van der Waals surface area (Å²) >= 11 is 5.79. The number of methoxy groups -OCH3 is 2. The molecule has 5 nitrogen and oxygen atoms in total. The predicted octanol–water partition coefficient (Wildman–Crippen LogP) is 2.80. The van der Waals surface area contributed by atoms with Crippen LogP contribution in [0.15, 0.2) is 30.6 Å². The predicted molar refractivity (Wildman–Crippen MR) is 78.8 cm³/mol. The van der Waals surface area contributed by atoms with Crippen LogP contribution in [0, 0.1) is 0 Å². The van der Waals surface area contributed by atoms with E-state index >= 15 is 0 Å². The number of anilines is 1. The Hall–Kier alpha value is -2.01. The molecule has 0 fully saturated rings. The molecule has 0 aliphatic heterocycles. The first-order valence-electron chi connectivity index (χ1n) is 6.15. The fourth-order valence-corrected chi connectivity index (χ4v) is 1.95. The van der Waals surface area contributed by atoms with Crippen LogP contribution < -0.4 is 14.8 Å². The first-order chi connectivity index (χ1) is 9.72. The first kappa shape index (κ1) is 14.4. The summed E-state index contributed by atoms with van der Waals surface area (Å²) in [6.45, 7) is 0.739. The number of benzene rings is 1. The van der Waals surface area contributed by atoms with Crippen molar-refractivity contribution in [2.45, 2.75) is 6.42 Å². The van der Waals surface area contributed by atoms with Gasteiger partial charge in [0.2, 0.25) is 0 Å². The van der Waals surface area contributed by atoms with Crippen LogP contribution in [0.4, 0.5) is 5.82 Å². The van der Waals surface area contributed by atoms with Crippen molar-refractivity contribution in [2.24, 2.45) is 0 Å². The minimum atomic E-state index is 0.425. The number of ether oxygens (including phenoxy) is 2. The van der Waals surface area contributed by atoms with E-state index in [-0.39, 0.29) is 0 Å². The summed E-state index contributed by atoms with van der Waals surface area (Å²) in [6.07, 6.45) is 2.27. The molecule has 1 heterocycles. The molecule has 0 radical (unpaired) electrons. The normalized spacial score (nSPS) is 10.2. The third-order valence-corrected chi connectivity index (χ3v) is 3.01. The van der Waals surface area contributed by atoms with Gasteiger partial charge in [0.05, 0.1) is 14.2 Å².